The van der Waals surface area contributed by atoms with Gasteiger partial charge < -0.3 is 0 Å². The van der Waals surface area contributed by atoms with Crippen LogP contribution in [0.1, 0.15) is 89.3 Å². The smallest absolute Gasteiger partial charge is 0.0790 e. The molecule has 4 rings (SSSR count). The van der Waals surface area contributed by atoms with Gasteiger partial charge >= 0.3 is 0 Å². The van der Waals surface area contributed by atoms with Crippen LogP contribution in [-0.2, 0) is 0 Å². The largest absolute Gasteiger partial charge is 0.159 e. The van der Waals surface area contributed by atoms with Gasteiger partial charge in [-0.3, -0.25) is 0 Å². The Morgan fingerprint density at radius 1 is 0.629 bits per heavy atom. The molecule has 0 heterocycles. The van der Waals surface area contributed by atoms with E-state index in [1.54, 1.807) is 5.57 Å². The summed E-state index contributed by atoms with van der Waals surface area (Å²) in [4.78, 5) is 0. The third-order valence-corrected chi connectivity index (χ3v) is 13.1. The van der Waals surface area contributed by atoms with Gasteiger partial charge in [0.05, 0.1) is 0 Å². The Balaban J connectivity index is 2.14. The lowest BCUT2D eigenvalue weighted by atomic mass is 10.0. The van der Waals surface area contributed by atoms with Crippen molar-refractivity contribution < 1.29 is 0 Å². The van der Waals surface area contributed by atoms with Crippen LogP contribution in [0.5, 0.6) is 0 Å². The van der Waals surface area contributed by atoms with E-state index in [0.717, 1.165) is 6.42 Å². The first-order valence-corrected chi connectivity index (χ1v) is 15.5. The molecule has 0 radical (unpaired) electrons. The first-order valence-electron chi connectivity index (χ1n) is 13.5. The van der Waals surface area contributed by atoms with Gasteiger partial charge in [0.25, 0.3) is 0 Å². The first kappa shape index (κ1) is 25.4. The van der Waals surface area contributed by atoms with E-state index in [4.69, 9.17) is 0 Å². The maximum Gasteiger partial charge on any atom is 0.159 e. The third kappa shape index (κ3) is 4.76. The molecule has 1 atom stereocenters. The van der Waals surface area contributed by atoms with Crippen LogP contribution >= 0.6 is 0 Å². The van der Waals surface area contributed by atoms with Crippen LogP contribution in [0.15, 0.2) is 96.6 Å². The highest BCUT2D eigenvalue weighted by atomic mass is 28.3. The normalized spacial score (nSPS) is 15.9. The predicted octanol–water partition coefficient (Wildman–Crippen LogP) is 7.80. The Morgan fingerprint density at radius 2 is 1.03 bits per heavy atom. The molecule has 0 aromatic heterocycles. The molecule has 0 saturated carbocycles. The molecule has 0 amide bonds. The second kappa shape index (κ2) is 10.5. The fourth-order valence-corrected chi connectivity index (χ4v) is 11.3. The van der Waals surface area contributed by atoms with Gasteiger partial charge in [-0.1, -0.05) is 145 Å². The molecule has 0 nitrogen and oxygen atoms in total. The molecule has 1 aliphatic rings. The second-order valence-corrected chi connectivity index (χ2v) is 15.1. The Kier molecular flexibility index (Phi) is 7.67. The topological polar surface area (TPSA) is 0 Å². The summed E-state index contributed by atoms with van der Waals surface area (Å²) >= 11 is 0. The fourth-order valence-electron chi connectivity index (χ4n) is 5.75. The van der Waals surface area contributed by atoms with E-state index >= 15 is 0 Å². The van der Waals surface area contributed by atoms with E-state index < -0.39 is 8.07 Å². The molecule has 1 aliphatic carbocycles. The van der Waals surface area contributed by atoms with E-state index in [0.29, 0.717) is 23.3 Å². The first-order chi connectivity index (χ1) is 16.8. The zero-order valence-corrected chi connectivity index (χ0v) is 23.7. The number of rotatable bonds is 8. The summed E-state index contributed by atoms with van der Waals surface area (Å²) < 4.78 is 0. The van der Waals surface area contributed by atoms with E-state index in [9.17, 15) is 0 Å². The Morgan fingerprint density at radius 3 is 1.37 bits per heavy atom. The van der Waals surface area contributed by atoms with Gasteiger partial charge in [-0.25, -0.2) is 0 Å². The van der Waals surface area contributed by atoms with Crippen LogP contribution in [0, 0.1) is 0 Å². The van der Waals surface area contributed by atoms with Gasteiger partial charge in [0.2, 0.25) is 0 Å². The molecule has 3 aromatic carbocycles. The van der Waals surface area contributed by atoms with Crippen LogP contribution in [0.4, 0.5) is 0 Å². The van der Waals surface area contributed by atoms with Crippen molar-refractivity contribution in [2.45, 2.75) is 78.2 Å². The van der Waals surface area contributed by atoms with Crippen LogP contribution in [0.25, 0.3) is 0 Å². The van der Waals surface area contributed by atoms with Gasteiger partial charge in [-0.05, 0) is 56.4 Å². The van der Waals surface area contributed by atoms with Crippen LogP contribution in [-0.4, -0.2) is 8.07 Å². The molecule has 0 fully saturated rings. The lowest BCUT2D eigenvalue weighted by Gasteiger charge is -2.40. The van der Waals surface area contributed by atoms with Crippen molar-refractivity contribution in [1.82, 2.24) is 0 Å². The summed E-state index contributed by atoms with van der Waals surface area (Å²) in [6.45, 7) is 16.2. The Labute approximate surface area is 214 Å². The molecule has 182 valence electrons. The zero-order valence-electron chi connectivity index (χ0n) is 22.7. The average Bonchev–Trinajstić information content (AvgIpc) is 3.34. The summed E-state index contributed by atoms with van der Waals surface area (Å²) in [6.07, 6.45) is 8.30. The fraction of sp³-hybridized carbons (Fsp3) is 0.353. The Hall–Kier alpha value is -2.64. The van der Waals surface area contributed by atoms with Crippen molar-refractivity contribution in [3.8, 4) is 0 Å². The molecular formula is C34H42Si. The van der Waals surface area contributed by atoms with Crippen LogP contribution in [0.3, 0.4) is 0 Å². The lowest BCUT2D eigenvalue weighted by Crippen LogP contribution is -2.70. The summed E-state index contributed by atoms with van der Waals surface area (Å²) in [6, 6.07) is 28.8. The molecule has 35 heavy (non-hydrogen) atoms. The van der Waals surface area contributed by atoms with Crippen molar-refractivity contribution >= 4 is 23.6 Å². The van der Waals surface area contributed by atoms with Gasteiger partial charge in [0.15, 0.2) is 8.07 Å². The monoisotopic (exact) mass is 478 g/mol. The predicted molar refractivity (Wildman–Crippen MR) is 158 cm³/mol. The summed E-state index contributed by atoms with van der Waals surface area (Å²) in [5, 5.41) is 4.59. The average molecular weight is 479 g/mol. The maximum absolute atomic E-state index is 2.54. The highest BCUT2D eigenvalue weighted by Gasteiger charge is 2.47. The van der Waals surface area contributed by atoms with Crippen molar-refractivity contribution in [2.24, 2.45) is 0 Å². The van der Waals surface area contributed by atoms with Gasteiger partial charge in [-0.2, -0.15) is 0 Å². The molecule has 0 bridgehead atoms. The van der Waals surface area contributed by atoms with Crippen molar-refractivity contribution in [1.29, 1.82) is 0 Å². The van der Waals surface area contributed by atoms with Crippen molar-refractivity contribution in [3.63, 3.8) is 0 Å². The minimum Gasteiger partial charge on any atom is -0.0790 e. The molecule has 0 N–H and O–H groups in total. The standard InChI is InChI=1S/C34H42Si/c1-8-27-13-12-20-34(27)35(31-17-9-14-28(21-31)24(2)3,32-18-10-15-29(22-32)25(4)5)33-19-11-16-30(23-33)26(6)7/h9-26,34H,8H2,1-7H3. The molecular weight excluding hydrogens is 436 g/mol. The molecule has 0 aliphatic heterocycles. The maximum atomic E-state index is 2.54. The summed E-state index contributed by atoms with van der Waals surface area (Å²) in [5.41, 5.74) is 6.28. The van der Waals surface area contributed by atoms with Crippen LogP contribution in [0.2, 0.25) is 5.54 Å². The Bertz CT molecular complexity index is 1100. The van der Waals surface area contributed by atoms with Crippen molar-refractivity contribution in [3.05, 3.63) is 113 Å². The molecule has 0 saturated heterocycles. The third-order valence-electron chi connectivity index (χ3n) is 7.91. The minimum atomic E-state index is -2.46. The van der Waals surface area contributed by atoms with Gasteiger partial charge in [-0.15, -0.1) is 0 Å². The van der Waals surface area contributed by atoms with Crippen molar-refractivity contribution in [2.75, 3.05) is 0 Å². The zero-order chi connectivity index (χ0) is 25.2. The highest BCUT2D eigenvalue weighted by Crippen LogP contribution is 2.37. The van der Waals surface area contributed by atoms with Gasteiger partial charge in [0, 0.05) is 5.54 Å². The van der Waals surface area contributed by atoms with Gasteiger partial charge in [0.1, 0.15) is 0 Å². The number of hydrogen-bond donors (Lipinski definition) is 0. The summed E-state index contributed by atoms with van der Waals surface area (Å²) in [7, 11) is -2.46. The molecule has 1 heteroatoms. The summed E-state index contributed by atoms with van der Waals surface area (Å²) in [5.74, 6) is 1.52. The minimum absolute atomic E-state index is 0.416. The van der Waals surface area contributed by atoms with E-state index in [2.05, 4.69) is 139 Å². The van der Waals surface area contributed by atoms with E-state index in [-0.39, 0.29) is 0 Å². The molecule has 0 spiro atoms. The molecule has 1 unspecified atom stereocenters. The van der Waals surface area contributed by atoms with Crippen LogP contribution < -0.4 is 15.6 Å². The van der Waals surface area contributed by atoms with E-state index in [1.165, 1.54) is 32.3 Å². The number of hydrogen-bond acceptors (Lipinski definition) is 0. The highest BCUT2D eigenvalue weighted by molar-refractivity contribution is 7.13. The quantitative estimate of drug-likeness (QED) is 0.229. The second-order valence-electron chi connectivity index (χ2n) is 11.1. The SMILES string of the molecule is CCC1=CC=CC1[Si](c1cccc(C(C)C)c1)(c1cccc(C(C)C)c1)c1cccc(C(C)C)c1. The van der Waals surface area contributed by atoms with E-state index in [1.807, 2.05) is 0 Å². The number of benzene rings is 3. The molecule has 3 aromatic rings. The lowest BCUT2D eigenvalue weighted by molar-refractivity contribution is 0.866. The number of allylic oxidation sites excluding steroid dienone is 4.